The van der Waals surface area contributed by atoms with Crippen LogP contribution in [0.25, 0.3) is 0 Å². The smallest absolute Gasteiger partial charge is 0.00719 e. The third kappa shape index (κ3) is 2.56. The van der Waals surface area contributed by atoms with Crippen molar-refractivity contribution in [1.82, 2.24) is 5.32 Å². The molecular formula is C19H33N. The van der Waals surface area contributed by atoms with Crippen molar-refractivity contribution in [1.29, 1.82) is 0 Å². The van der Waals surface area contributed by atoms with Gasteiger partial charge in [0.05, 0.1) is 0 Å². The van der Waals surface area contributed by atoms with E-state index in [9.17, 15) is 0 Å². The van der Waals surface area contributed by atoms with Crippen molar-refractivity contribution in [3.63, 3.8) is 0 Å². The van der Waals surface area contributed by atoms with E-state index in [0.29, 0.717) is 0 Å². The molecular weight excluding hydrogens is 242 g/mol. The molecule has 1 heteroatoms. The first kappa shape index (κ1) is 13.6. The summed E-state index contributed by atoms with van der Waals surface area (Å²) in [5, 5.41) is 3.70. The summed E-state index contributed by atoms with van der Waals surface area (Å²) in [6.07, 6.45) is 18.5. The normalized spacial score (nSPS) is 45.1. The Kier molecular flexibility index (Phi) is 3.61. The van der Waals surface area contributed by atoms with Crippen LogP contribution in [0.15, 0.2) is 0 Å². The Morgan fingerprint density at radius 2 is 1.50 bits per heavy atom. The molecule has 1 N–H and O–H groups in total. The molecule has 5 aliphatic rings. The third-order valence-electron chi connectivity index (χ3n) is 7.35. The van der Waals surface area contributed by atoms with E-state index in [2.05, 4.69) is 12.4 Å². The van der Waals surface area contributed by atoms with Crippen LogP contribution in [0, 0.1) is 29.1 Å². The van der Waals surface area contributed by atoms with Crippen LogP contribution in [0.5, 0.6) is 0 Å². The van der Waals surface area contributed by atoms with Crippen molar-refractivity contribution in [2.45, 2.75) is 83.1 Å². The maximum Gasteiger partial charge on any atom is 0.00719 e. The van der Waals surface area contributed by atoms with Crippen molar-refractivity contribution < 1.29 is 0 Å². The topological polar surface area (TPSA) is 12.0 Å². The lowest BCUT2D eigenvalue weighted by atomic mass is 9.48. The lowest BCUT2D eigenvalue weighted by Gasteiger charge is -2.57. The van der Waals surface area contributed by atoms with Gasteiger partial charge in [-0.25, -0.2) is 0 Å². The Balaban J connectivity index is 1.41. The van der Waals surface area contributed by atoms with Crippen LogP contribution in [-0.4, -0.2) is 13.1 Å². The van der Waals surface area contributed by atoms with E-state index >= 15 is 0 Å². The quantitative estimate of drug-likeness (QED) is 0.762. The Bertz CT molecular complexity index is 306. The standard InChI is InChI=1S/C19H33N/c1-20-18(9-14-4-2-3-5-14)13-19-10-15-6-16(11-19)8-17(7-15)12-19/h14-18,20H,2-13H2,1H3. The van der Waals surface area contributed by atoms with Crippen LogP contribution < -0.4 is 5.32 Å². The van der Waals surface area contributed by atoms with Gasteiger partial charge in [-0.05, 0) is 87.5 Å². The zero-order valence-electron chi connectivity index (χ0n) is 13.4. The van der Waals surface area contributed by atoms with E-state index in [1.165, 1.54) is 38.5 Å². The van der Waals surface area contributed by atoms with Gasteiger partial charge < -0.3 is 5.32 Å². The fraction of sp³-hybridized carbons (Fsp3) is 1.00. The summed E-state index contributed by atoms with van der Waals surface area (Å²) in [5.74, 6) is 4.39. The molecule has 0 spiro atoms. The molecule has 0 aromatic heterocycles. The molecule has 1 atom stereocenters. The molecule has 5 saturated carbocycles. The van der Waals surface area contributed by atoms with Gasteiger partial charge in [0.25, 0.3) is 0 Å². The van der Waals surface area contributed by atoms with Gasteiger partial charge in [0.2, 0.25) is 0 Å². The van der Waals surface area contributed by atoms with Crippen LogP contribution in [0.1, 0.15) is 77.0 Å². The number of nitrogens with one attached hydrogen (secondary N) is 1. The molecule has 0 radical (unpaired) electrons. The van der Waals surface area contributed by atoms with Crippen LogP contribution in [0.2, 0.25) is 0 Å². The maximum atomic E-state index is 3.70. The molecule has 5 rings (SSSR count). The van der Waals surface area contributed by atoms with E-state index in [1.807, 2.05) is 0 Å². The van der Waals surface area contributed by atoms with Gasteiger partial charge in [-0.15, -0.1) is 0 Å². The molecule has 0 heterocycles. The van der Waals surface area contributed by atoms with E-state index < -0.39 is 0 Å². The van der Waals surface area contributed by atoms with Gasteiger partial charge >= 0.3 is 0 Å². The third-order valence-corrected chi connectivity index (χ3v) is 7.35. The molecule has 0 aromatic carbocycles. The molecule has 0 amide bonds. The zero-order chi connectivity index (χ0) is 13.6. The second-order valence-corrected chi connectivity index (χ2v) is 8.99. The minimum absolute atomic E-state index is 0.765. The fourth-order valence-corrected chi connectivity index (χ4v) is 7.01. The average Bonchev–Trinajstić information content (AvgIpc) is 2.89. The highest BCUT2D eigenvalue weighted by molar-refractivity contribution is 5.02. The largest absolute Gasteiger partial charge is 0.317 e. The summed E-state index contributed by atoms with van der Waals surface area (Å²) in [4.78, 5) is 0. The van der Waals surface area contributed by atoms with Crippen LogP contribution in [0.4, 0.5) is 0 Å². The summed E-state index contributed by atoms with van der Waals surface area (Å²) in [6, 6.07) is 0.814. The molecule has 0 aromatic rings. The molecule has 20 heavy (non-hydrogen) atoms. The molecule has 4 bridgehead atoms. The molecule has 5 aliphatic carbocycles. The zero-order valence-corrected chi connectivity index (χ0v) is 13.4. The number of rotatable bonds is 5. The number of hydrogen-bond donors (Lipinski definition) is 1. The number of hydrogen-bond acceptors (Lipinski definition) is 1. The van der Waals surface area contributed by atoms with Crippen molar-refractivity contribution >= 4 is 0 Å². The molecule has 1 nitrogen and oxygen atoms in total. The van der Waals surface area contributed by atoms with Crippen LogP contribution in [-0.2, 0) is 0 Å². The van der Waals surface area contributed by atoms with E-state index in [-0.39, 0.29) is 0 Å². The Hall–Kier alpha value is -0.0400. The first-order chi connectivity index (χ1) is 9.75. The maximum absolute atomic E-state index is 3.70. The summed E-state index contributed by atoms with van der Waals surface area (Å²) in [7, 11) is 2.22. The highest BCUT2D eigenvalue weighted by Crippen LogP contribution is 2.61. The van der Waals surface area contributed by atoms with Crippen LogP contribution in [0.3, 0.4) is 0 Å². The highest BCUT2D eigenvalue weighted by atomic mass is 14.9. The molecule has 0 saturated heterocycles. The summed E-state index contributed by atoms with van der Waals surface area (Å²) >= 11 is 0. The van der Waals surface area contributed by atoms with Crippen molar-refractivity contribution in [2.75, 3.05) is 7.05 Å². The Morgan fingerprint density at radius 3 is 2.00 bits per heavy atom. The van der Waals surface area contributed by atoms with Gasteiger partial charge in [0.1, 0.15) is 0 Å². The Morgan fingerprint density at radius 1 is 0.950 bits per heavy atom. The highest BCUT2D eigenvalue weighted by Gasteiger charge is 2.51. The van der Waals surface area contributed by atoms with Gasteiger partial charge in [-0.2, -0.15) is 0 Å². The van der Waals surface area contributed by atoms with Gasteiger partial charge in [-0.3, -0.25) is 0 Å². The summed E-state index contributed by atoms with van der Waals surface area (Å²) in [6.45, 7) is 0. The Labute approximate surface area is 125 Å². The minimum Gasteiger partial charge on any atom is -0.317 e. The second kappa shape index (κ2) is 5.30. The second-order valence-electron chi connectivity index (χ2n) is 8.99. The molecule has 0 aliphatic heterocycles. The lowest BCUT2D eigenvalue weighted by molar-refractivity contribution is -0.0626. The average molecular weight is 275 g/mol. The van der Waals surface area contributed by atoms with Gasteiger partial charge in [0, 0.05) is 6.04 Å². The monoisotopic (exact) mass is 275 g/mol. The molecule has 1 unspecified atom stereocenters. The van der Waals surface area contributed by atoms with E-state index in [1.54, 1.807) is 38.5 Å². The first-order valence-corrected chi connectivity index (χ1v) is 9.42. The van der Waals surface area contributed by atoms with Crippen molar-refractivity contribution in [2.24, 2.45) is 29.1 Å². The van der Waals surface area contributed by atoms with Crippen LogP contribution >= 0.6 is 0 Å². The predicted octanol–water partition coefficient (Wildman–Crippen LogP) is 4.76. The van der Waals surface area contributed by atoms with Gasteiger partial charge in [-0.1, -0.05) is 25.7 Å². The summed E-state index contributed by atoms with van der Waals surface area (Å²) in [5.41, 5.74) is 0.765. The lowest BCUT2D eigenvalue weighted by Crippen LogP contribution is -2.48. The first-order valence-electron chi connectivity index (χ1n) is 9.42. The molecule has 114 valence electrons. The van der Waals surface area contributed by atoms with Crippen molar-refractivity contribution in [3.8, 4) is 0 Å². The summed E-state index contributed by atoms with van der Waals surface area (Å²) < 4.78 is 0. The van der Waals surface area contributed by atoms with E-state index in [4.69, 9.17) is 0 Å². The SMILES string of the molecule is CNC(CC1CCCC1)CC12CC3CC(CC(C3)C1)C2. The molecule has 5 fully saturated rings. The van der Waals surface area contributed by atoms with E-state index in [0.717, 1.165) is 35.1 Å². The fourth-order valence-electron chi connectivity index (χ4n) is 7.01. The van der Waals surface area contributed by atoms with Crippen molar-refractivity contribution in [3.05, 3.63) is 0 Å². The minimum atomic E-state index is 0.765. The predicted molar refractivity (Wildman–Crippen MR) is 84.6 cm³/mol. The van der Waals surface area contributed by atoms with Gasteiger partial charge in [0.15, 0.2) is 0 Å².